The number of aldehydes is 1. The summed E-state index contributed by atoms with van der Waals surface area (Å²) in [5, 5.41) is 8.35. The maximum absolute atomic E-state index is 10.6. The van der Waals surface area contributed by atoms with E-state index in [1.165, 1.54) is 5.56 Å². The molecule has 0 spiro atoms. The van der Waals surface area contributed by atoms with Gasteiger partial charge in [-0.05, 0) is 28.7 Å². The van der Waals surface area contributed by atoms with Crippen molar-refractivity contribution in [1.82, 2.24) is 4.98 Å². The highest BCUT2D eigenvalue weighted by Gasteiger charge is 2.18. The molecule has 22 heavy (non-hydrogen) atoms. The van der Waals surface area contributed by atoms with Crippen LogP contribution in [0.4, 0.5) is 0 Å². The van der Waals surface area contributed by atoms with E-state index in [0.717, 1.165) is 11.8 Å². The van der Waals surface area contributed by atoms with Crippen LogP contribution < -0.4 is 0 Å². The van der Waals surface area contributed by atoms with Gasteiger partial charge in [-0.1, -0.05) is 51.1 Å². The summed E-state index contributed by atoms with van der Waals surface area (Å²) in [6, 6.07) is 13.7. The number of rotatable bonds is 5. The molecule has 0 radical (unpaired) electrons. The van der Waals surface area contributed by atoms with Crippen LogP contribution in [-0.2, 0) is 23.1 Å². The lowest BCUT2D eigenvalue weighted by atomic mass is 9.82. The number of carbonyl (C=O) groups excluding carboxylic acids is 1. The lowest BCUT2D eigenvalue weighted by Crippen LogP contribution is -2.16. The van der Waals surface area contributed by atoms with Crippen molar-refractivity contribution in [3.63, 3.8) is 0 Å². The lowest BCUT2D eigenvalue weighted by Gasteiger charge is -2.23. The predicted molar refractivity (Wildman–Crippen MR) is 89.7 cm³/mol. The van der Waals surface area contributed by atoms with Crippen LogP contribution in [0.3, 0.4) is 0 Å². The molecule has 114 valence electrons. The summed E-state index contributed by atoms with van der Waals surface area (Å²) in [7, 11) is 0. The van der Waals surface area contributed by atoms with Crippen LogP contribution in [0.2, 0.25) is 0 Å². The molecule has 2 rings (SSSR count). The Kier molecular flexibility index (Phi) is 4.86. The fourth-order valence-corrected chi connectivity index (χ4v) is 2.53. The quantitative estimate of drug-likeness (QED) is 0.675. The Morgan fingerprint density at radius 3 is 2.55 bits per heavy atom. The molecule has 0 aliphatic heterocycles. The number of hydrogen-bond acceptors (Lipinski definition) is 3. The SMILES string of the molecule is CC(C)(C)c1ccccc1CC(=N)c1cccc(CC=O)n1. The molecular weight excluding hydrogens is 272 g/mol. The van der Waals surface area contributed by atoms with Crippen molar-refractivity contribution >= 4 is 12.0 Å². The third-order valence-electron chi connectivity index (χ3n) is 3.60. The fraction of sp³-hybridized carbons (Fsp3) is 0.316. The van der Waals surface area contributed by atoms with Crippen molar-refractivity contribution in [2.75, 3.05) is 0 Å². The topological polar surface area (TPSA) is 53.8 Å². The van der Waals surface area contributed by atoms with Crippen molar-refractivity contribution in [3.8, 4) is 0 Å². The molecule has 0 amide bonds. The number of hydrogen-bond donors (Lipinski definition) is 1. The van der Waals surface area contributed by atoms with Crippen molar-refractivity contribution in [2.45, 2.75) is 39.0 Å². The second kappa shape index (κ2) is 6.65. The highest BCUT2D eigenvalue weighted by Crippen LogP contribution is 2.26. The summed E-state index contributed by atoms with van der Waals surface area (Å²) in [5.41, 5.74) is 4.28. The zero-order chi connectivity index (χ0) is 16.2. The van der Waals surface area contributed by atoms with Gasteiger partial charge in [-0.2, -0.15) is 0 Å². The van der Waals surface area contributed by atoms with Crippen LogP contribution >= 0.6 is 0 Å². The maximum Gasteiger partial charge on any atom is 0.125 e. The first-order valence-corrected chi connectivity index (χ1v) is 7.47. The smallest absolute Gasteiger partial charge is 0.125 e. The Morgan fingerprint density at radius 2 is 1.86 bits per heavy atom. The van der Waals surface area contributed by atoms with E-state index in [1.54, 1.807) is 0 Å². The third kappa shape index (κ3) is 3.88. The minimum atomic E-state index is 0.0453. The van der Waals surface area contributed by atoms with Crippen LogP contribution in [-0.4, -0.2) is 17.0 Å². The first-order chi connectivity index (χ1) is 10.4. The van der Waals surface area contributed by atoms with Crippen LogP contribution in [0.15, 0.2) is 42.5 Å². The predicted octanol–water partition coefficient (Wildman–Crippen LogP) is 3.73. The van der Waals surface area contributed by atoms with E-state index in [2.05, 4.69) is 37.9 Å². The van der Waals surface area contributed by atoms with Crippen LogP contribution in [0.1, 0.15) is 43.3 Å². The molecule has 1 heterocycles. The van der Waals surface area contributed by atoms with E-state index in [9.17, 15) is 4.79 Å². The molecule has 0 atom stereocenters. The fourth-order valence-electron chi connectivity index (χ4n) is 2.53. The Labute approximate surface area is 131 Å². The van der Waals surface area contributed by atoms with E-state index in [0.29, 0.717) is 29.9 Å². The van der Waals surface area contributed by atoms with Gasteiger partial charge in [0.05, 0.1) is 11.4 Å². The summed E-state index contributed by atoms with van der Waals surface area (Å²) in [5.74, 6) is 0. The van der Waals surface area contributed by atoms with E-state index < -0.39 is 0 Å². The number of carbonyl (C=O) groups is 1. The summed E-state index contributed by atoms with van der Waals surface area (Å²) >= 11 is 0. The zero-order valence-electron chi connectivity index (χ0n) is 13.4. The number of nitrogens with one attached hydrogen (secondary N) is 1. The Bertz CT molecular complexity index is 684. The molecule has 1 aromatic heterocycles. The normalized spacial score (nSPS) is 11.2. The largest absolute Gasteiger partial charge is 0.303 e. The van der Waals surface area contributed by atoms with Crippen LogP contribution in [0.25, 0.3) is 0 Å². The van der Waals surface area contributed by atoms with Crippen molar-refractivity contribution in [1.29, 1.82) is 5.41 Å². The minimum Gasteiger partial charge on any atom is -0.303 e. The third-order valence-corrected chi connectivity index (χ3v) is 3.60. The van der Waals surface area contributed by atoms with E-state index >= 15 is 0 Å². The highest BCUT2D eigenvalue weighted by molar-refractivity contribution is 5.98. The van der Waals surface area contributed by atoms with Gasteiger partial charge in [0.2, 0.25) is 0 Å². The first kappa shape index (κ1) is 16.1. The molecule has 0 aliphatic carbocycles. The van der Waals surface area contributed by atoms with Gasteiger partial charge >= 0.3 is 0 Å². The number of nitrogens with zero attached hydrogens (tertiary/aromatic N) is 1. The van der Waals surface area contributed by atoms with Crippen LogP contribution in [0.5, 0.6) is 0 Å². The number of benzene rings is 1. The van der Waals surface area contributed by atoms with Crippen molar-refractivity contribution in [3.05, 3.63) is 65.0 Å². The standard InChI is InChI=1S/C19H22N2O/c1-19(2,3)16-9-5-4-7-14(16)13-17(20)18-10-6-8-15(21-18)11-12-22/h4-10,12,20H,11,13H2,1-3H3. The summed E-state index contributed by atoms with van der Waals surface area (Å²) < 4.78 is 0. The van der Waals surface area contributed by atoms with Gasteiger partial charge in [-0.25, -0.2) is 0 Å². The van der Waals surface area contributed by atoms with Crippen LogP contribution in [0, 0.1) is 5.41 Å². The minimum absolute atomic E-state index is 0.0453. The molecule has 1 aromatic carbocycles. The molecular formula is C19H22N2O. The average Bonchev–Trinajstić information content (AvgIpc) is 2.47. The van der Waals surface area contributed by atoms with Gasteiger partial charge in [-0.15, -0.1) is 0 Å². The van der Waals surface area contributed by atoms with Gasteiger partial charge in [-0.3, -0.25) is 4.98 Å². The second-order valence-corrected chi connectivity index (χ2v) is 6.45. The summed E-state index contributed by atoms with van der Waals surface area (Å²) in [6.07, 6.45) is 1.68. The first-order valence-electron chi connectivity index (χ1n) is 7.47. The molecule has 0 aliphatic rings. The molecule has 0 unspecified atom stereocenters. The Hall–Kier alpha value is -2.29. The molecule has 0 bridgehead atoms. The van der Waals surface area contributed by atoms with Gasteiger partial charge in [0.15, 0.2) is 0 Å². The summed E-state index contributed by atoms with van der Waals surface area (Å²) in [6.45, 7) is 6.54. The van der Waals surface area contributed by atoms with E-state index in [-0.39, 0.29) is 5.41 Å². The highest BCUT2D eigenvalue weighted by atomic mass is 16.1. The van der Waals surface area contributed by atoms with Gasteiger partial charge in [0.1, 0.15) is 6.29 Å². The van der Waals surface area contributed by atoms with Gasteiger partial charge < -0.3 is 10.2 Å². The molecule has 0 saturated carbocycles. The number of pyridine rings is 1. The van der Waals surface area contributed by atoms with Gasteiger partial charge in [0.25, 0.3) is 0 Å². The number of aromatic nitrogens is 1. The zero-order valence-corrected chi connectivity index (χ0v) is 13.4. The maximum atomic E-state index is 10.6. The molecule has 1 N–H and O–H groups in total. The van der Waals surface area contributed by atoms with E-state index in [4.69, 9.17) is 5.41 Å². The monoisotopic (exact) mass is 294 g/mol. The Balaban J connectivity index is 2.26. The van der Waals surface area contributed by atoms with Crippen molar-refractivity contribution < 1.29 is 4.79 Å². The lowest BCUT2D eigenvalue weighted by molar-refractivity contribution is -0.107. The van der Waals surface area contributed by atoms with Crippen molar-refractivity contribution in [2.24, 2.45) is 0 Å². The summed E-state index contributed by atoms with van der Waals surface area (Å²) in [4.78, 5) is 15.0. The molecule has 0 fully saturated rings. The Morgan fingerprint density at radius 1 is 1.14 bits per heavy atom. The van der Waals surface area contributed by atoms with Gasteiger partial charge in [0, 0.05) is 18.5 Å². The van der Waals surface area contributed by atoms with E-state index in [1.807, 2.05) is 30.3 Å². The molecule has 3 heteroatoms. The second-order valence-electron chi connectivity index (χ2n) is 6.45. The molecule has 0 saturated heterocycles. The molecule has 2 aromatic rings. The average molecular weight is 294 g/mol. The molecule has 3 nitrogen and oxygen atoms in total.